The van der Waals surface area contributed by atoms with E-state index in [2.05, 4.69) is 27.6 Å². The highest BCUT2D eigenvalue weighted by Crippen LogP contribution is 2.34. The van der Waals surface area contributed by atoms with Gasteiger partial charge in [-0.15, -0.1) is 0 Å². The van der Waals surface area contributed by atoms with Gasteiger partial charge in [0, 0.05) is 8.59 Å². The number of hydrogen-bond donors (Lipinski definition) is 0. The Labute approximate surface area is 201 Å². The van der Waals surface area contributed by atoms with E-state index in [1.165, 1.54) is 11.3 Å². The maximum Gasteiger partial charge on any atom is 0.338 e. The van der Waals surface area contributed by atoms with Gasteiger partial charge >= 0.3 is 5.97 Å². The van der Waals surface area contributed by atoms with Gasteiger partial charge in [-0.25, -0.2) is 9.79 Å². The molecule has 1 atom stereocenters. The first-order valence-electron chi connectivity index (χ1n) is 9.60. The molecule has 0 aliphatic carbocycles. The molecule has 0 radical (unpaired) electrons. The number of carbonyl (C=O) groups is 1. The van der Waals surface area contributed by atoms with E-state index >= 15 is 0 Å². The summed E-state index contributed by atoms with van der Waals surface area (Å²) < 4.78 is 8.49. The molecule has 1 unspecified atom stereocenters. The molecule has 1 aliphatic rings. The van der Waals surface area contributed by atoms with Gasteiger partial charge in [0.15, 0.2) is 4.80 Å². The van der Waals surface area contributed by atoms with Crippen LogP contribution in [0.1, 0.15) is 31.0 Å². The Kier molecular flexibility index (Phi) is 6.45. The number of nitrogens with zero attached hydrogens (tertiary/aromatic N) is 2. The molecule has 2 aromatic carbocycles. The van der Waals surface area contributed by atoms with Gasteiger partial charge in [0.25, 0.3) is 5.56 Å². The van der Waals surface area contributed by atoms with Crippen molar-refractivity contribution >= 4 is 57.6 Å². The first kappa shape index (κ1) is 22.0. The highest BCUT2D eigenvalue weighted by Gasteiger charge is 2.34. The van der Waals surface area contributed by atoms with Crippen LogP contribution < -0.4 is 14.9 Å². The number of thiazole rings is 1. The van der Waals surface area contributed by atoms with Crippen LogP contribution in [0.3, 0.4) is 0 Å². The zero-order valence-corrected chi connectivity index (χ0v) is 20.5. The van der Waals surface area contributed by atoms with Gasteiger partial charge in [-0.05, 0) is 71.8 Å². The fourth-order valence-electron chi connectivity index (χ4n) is 3.49. The number of allylic oxidation sites excluding steroid dienone is 1. The summed E-state index contributed by atoms with van der Waals surface area (Å²) in [6.07, 6.45) is 1.84. The molecule has 8 heteroatoms. The molecule has 0 amide bonds. The molecule has 0 fully saturated rings. The average molecular weight is 565 g/mol. The number of aromatic nitrogens is 1. The molecule has 0 N–H and O–H groups in total. The monoisotopic (exact) mass is 564 g/mol. The van der Waals surface area contributed by atoms with E-state index in [9.17, 15) is 9.59 Å². The van der Waals surface area contributed by atoms with Crippen molar-refractivity contribution < 1.29 is 9.53 Å². The average Bonchev–Trinajstić information content (AvgIpc) is 3.04. The molecular weight excluding hydrogens is 547 g/mol. The van der Waals surface area contributed by atoms with Crippen molar-refractivity contribution in [3.63, 3.8) is 0 Å². The van der Waals surface area contributed by atoms with Crippen molar-refractivity contribution in [2.24, 2.45) is 4.99 Å². The zero-order valence-electron chi connectivity index (χ0n) is 16.8. The minimum absolute atomic E-state index is 0.221. The molecule has 158 valence electrons. The number of benzene rings is 2. The van der Waals surface area contributed by atoms with Crippen LogP contribution in [-0.4, -0.2) is 17.1 Å². The number of ether oxygens (including phenoxy) is 1. The van der Waals surface area contributed by atoms with Crippen molar-refractivity contribution in [2.75, 3.05) is 6.61 Å². The van der Waals surface area contributed by atoms with Crippen LogP contribution in [0.25, 0.3) is 6.08 Å². The third-order valence-electron chi connectivity index (χ3n) is 4.88. The topological polar surface area (TPSA) is 60.7 Å². The van der Waals surface area contributed by atoms with Crippen LogP contribution in [0.5, 0.6) is 0 Å². The molecular formula is C23H18ClIN2O3S. The molecule has 0 spiro atoms. The lowest BCUT2D eigenvalue weighted by Gasteiger charge is -2.25. The maximum atomic E-state index is 13.5. The number of esters is 1. The summed E-state index contributed by atoms with van der Waals surface area (Å²) in [5.74, 6) is -0.499. The van der Waals surface area contributed by atoms with Gasteiger partial charge in [-0.3, -0.25) is 9.36 Å². The summed E-state index contributed by atoms with van der Waals surface area (Å²) >= 11 is 10.0. The lowest BCUT2D eigenvalue weighted by atomic mass is 9.96. The Hall–Kier alpha value is -2.23. The van der Waals surface area contributed by atoms with Crippen molar-refractivity contribution in [3.05, 3.63) is 99.2 Å². The Balaban J connectivity index is 1.97. The fourth-order valence-corrected chi connectivity index (χ4v) is 5.14. The van der Waals surface area contributed by atoms with Crippen molar-refractivity contribution in [1.82, 2.24) is 4.57 Å². The van der Waals surface area contributed by atoms with E-state index in [1.54, 1.807) is 24.5 Å². The van der Waals surface area contributed by atoms with Crippen molar-refractivity contribution in [3.8, 4) is 0 Å². The predicted octanol–water partition coefficient (Wildman–Crippen LogP) is 4.06. The van der Waals surface area contributed by atoms with Crippen LogP contribution in [0.15, 0.2) is 69.6 Å². The number of fused-ring (bicyclic) bond motifs is 1. The fraction of sp³-hybridized carbons (Fsp3) is 0.174. The second kappa shape index (κ2) is 9.10. The summed E-state index contributed by atoms with van der Waals surface area (Å²) in [7, 11) is 0. The number of rotatable bonds is 4. The van der Waals surface area contributed by atoms with E-state index < -0.39 is 12.0 Å². The van der Waals surface area contributed by atoms with Gasteiger partial charge in [0.2, 0.25) is 0 Å². The van der Waals surface area contributed by atoms with Gasteiger partial charge in [-0.1, -0.05) is 53.3 Å². The third kappa shape index (κ3) is 4.26. The van der Waals surface area contributed by atoms with Gasteiger partial charge in [-0.2, -0.15) is 0 Å². The molecule has 0 saturated carbocycles. The van der Waals surface area contributed by atoms with Crippen molar-refractivity contribution in [1.29, 1.82) is 0 Å². The molecule has 2 heterocycles. The van der Waals surface area contributed by atoms with Gasteiger partial charge in [0.1, 0.15) is 6.04 Å². The van der Waals surface area contributed by atoms with Crippen LogP contribution in [0.2, 0.25) is 5.02 Å². The smallest absolute Gasteiger partial charge is 0.338 e. The minimum Gasteiger partial charge on any atom is -0.463 e. The molecule has 4 rings (SSSR count). The minimum atomic E-state index is -0.706. The molecule has 31 heavy (non-hydrogen) atoms. The Morgan fingerprint density at radius 3 is 2.65 bits per heavy atom. The van der Waals surface area contributed by atoms with Crippen molar-refractivity contribution in [2.45, 2.75) is 19.9 Å². The molecule has 0 saturated heterocycles. The highest BCUT2D eigenvalue weighted by molar-refractivity contribution is 14.1. The predicted molar refractivity (Wildman–Crippen MR) is 131 cm³/mol. The Bertz CT molecular complexity index is 1370. The molecule has 3 aromatic rings. The summed E-state index contributed by atoms with van der Waals surface area (Å²) in [6, 6.07) is 14.4. The Morgan fingerprint density at radius 1 is 1.26 bits per heavy atom. The van der Waals surface area contributed by atoms with Crippen LogP contribution in [0.4, 0.5) is 0 Å². The largest absolute Gasteiger partial charge is 0.463 e. The Morgan fingerprint density at radius 2 is 1.97 bits per heavy atom. The number of halogens is 2. The summed E-state index contributed by atoms with van der Waals surface area (Å²) in [4.78, 5) is 31.4. The second-order valence-electron chi connectivity index (χ2n) is 6.88. The van der Waals surface area contributed by atoms with Gasteiger partial charge < -0.3 is 4.74 Å². The SMILES string of the molecule is CCOC(=O)C1=C(C)N=c2s/c(=C\c3ccc(I)cc3)c(=O)n2C1c1ccccc1Cl. The van der Waals surface area contributed by atoms with E-state index in [0.29, 0.717) is 31.2 Å². The molecule has 1 aromatic heterocycles. The molecule has 5 nitrogen and oxygen atoms in total. The standard InChI is InChI=1S/C23H18ClIN2O3S/c1-3-30-22(29)19-13(2)26-23-27(20(19)16-6-4-5-7-17(16)24)21(28)18(31-23)12-14-8-10-15(25)11-9-14/h4-12,20H,3H2,1-2H3/b18-12-. The van der Waals surface area contributed by atoms with Crippen LogP contribution in [-0.2, 0) is 9.53 Å². The quantitative estimate of drug-likeness (QED) is 0.355. The van der Waals surface area contributed by atoms with Gasteiger partial charge in [0.05, 0.1) is 22.4 Å². The normalized spacial score (nSPS) is 16.1. The zero-order chi connectivity index (χ0) is 22.1. The summed E-state index contributed by atoms with van der Waals surface area (Å²) in [6.45, 7) is 3.73. The lowest BCUT2D eigenvalue weighted by molar-refractivity contribution is -0.139. The first-order valence-corrected chi connectivity index (χ1v) is 11.9. The molecule has 1 aliphatic heterocycles. The second-order valence-corrected chi connectivity index (χ2v) is 9.54. The van der Waals surface area contributed by atoms with Crippen LogP contribution >= 0.6 is 45.5 Å². The highest BCUT2D eigenvalue weighted by atomic mass is 127. The van der Waals surface area contributed by atoms with E-state index in [1.807, 2.05) is 48.5 Å². The summed E-state index contributed by atoms with van der Waals surface area (Å²) in [5.41, 5.74) is 2.19. The summed E-state index contributed by atoms with van der Waals surface area (Å²) in [5, 5.41) is 0.469. The van der Waals surface area contributed by atoms with E-state index in [0.717, 1.165) is 9.13 Å². The number of hydrogen-bond acceptors (Lipinski definition) is 5. The maximum absolute atomic E-state index is 13.5. The number of carbonyl (C=O) groups excluding carboxylic acids is 1. The lowest BCUT2D eigenvalue weighted by Crippen LogP contribution is -2.40. The van der Waals surface area contributed by atoms with Crippen LogP contribution in [0, 0.1) is 3.57 Å². The first-order chi connectivity index (χ1) is 14.9. The van der Waals surface area contributed by atoms with E-state index in [-0.39, 0.29) is 12.2 Å². The van der Waals surface area contributed by atoms with E-state index in [4.69, 9.17) is 16.3 Å². The third-order valence-corrected chi connectivity index (χ3v) is 6.93. The molecule has 0 bridgehead atoms.